The Kier molecular flexibility index (Phi) is 3.97. The Morgan fingerprint density at radius 2 is 2.11 bits per heavy atom. The largest absolute Gasteiger partial charge is 0.368 e. The zero-order chi connectivity index (χ0) is 13.8. The topological polar surface area (TPSA) is 88.0 Å². The van der Waals surface area contributed by atoms with Crippen molar-refractivity contribution in [1.29, 1.82) is 0 Å². The molecule has 0 aliphatic rings. The quantitative estimate of drug-likeness (QED) is 0.715. The molecule has 1 amide bonds. The number of aromatic amines is 1. The first kappa shape index (κ1) is 13.3. The predicted octanol–water partition coefficient (Wildman–Crippen LogP) is 0.743. The fourth-order valence-corrected chi connectivity index (χ4v) is 2.06. The molecule has 1 aromatic heterocycles. The molecule has 2 aromatic rings. The summed E-state index contributed by atoms with van der Waals surface area (Å²) in [6, 6.07) is 7.32. The molecule has 0 saturated carbocycles. The molecule has 0 saturated heterocycles. The van der Waals surface area contributed by atoms with Crippen LogP contribution in [-0.2, 0) is 16.0 Å². The summed E-state index contributed by atoms with van der Waals surface area (Å²) in [4.78, 5) is 25.5. The number of para-hydroxylation sites is 1. The first-order valence-corrected chi connectivity index (χ1v) is 6.15. The maximum absolute atomic E-state index is 11.4. The lowest BCUT2D eigenvalue weighted by atomic mass is 10.0. The van der Waals surface area contributed by atoms with Gasteiger partial charge in [0.25, 0.3) is 0 Å². The van der Waals surface area contributed by atoms with E-state index in [0.717, 1.165) is 16.5 Å². The van der Waals surface area contributed by atoms with Crippen molar-refractivity contribution in [1.82, 2.24) is 10.3 Å². The van der Waals surface area contributed by atoms with Crippen molar-refractivity contribution in [3.05, 3.63) is 36.0 Å². The molecule has 100 valence electrons. The Balaban J connectivity index is 2.16. The molecule has 4 N–H and O–H groups in total. The Morgan fingerprint density at radius 1 is 1.37 bits per heavy atom. The SMILES string of the molecule is CC(=O)CN[C@@H](Cc1c[nH]c2ccccc12)C(N)=O. The summed E-state index contributed by atoms with van der Waals surface area (Å²) in [6.07, 6.45) is 2.34. The second-order valence-corrected chi connectivity index (χ2v) is 4.60. The number of H-pyrrole nitrogens is 1. The summed E-state index contributed by atoms with van der Waals surface area (Å²) in [5.74, 6) is -0.475. The lowest BCUT2D eigenvalue weighted by Crippen LogP contribution is -2.44. The summed E-state index contributed by atoms with van der Waals surface area (Å²) in [7, 11) is 0. The van der Waals surface area contributed by atoms with Gasteiger partial charge in [0.05, 0.1) is 12.6 Å². The number of aromatic nitrogens is 1. The van der Waals surface area contributed by atoms with Gasteiger partial charge in [-0.05, 0) is 25.0 Å². The van der Waals surface area contributed by atoms with Gasteiger partial charge in [0.15, 0.2) is 0 Å². The smallest absolute Gasteiger partial charge is 0.234 e. The number of carbonyl (C=O) groups is 2. The second kappa shape index (κ2) is 5.67. The first-order chi connectivity index (χ1) is 9.08. The number of primary amides is 1. The lowest BCUT2D eigenvalue weighted by molar-refractivity contribution is -0.120. The normalized spacial score (nSPS) is 12.5. The van der Waals surface area contributed by atoms with Crippen LogP contribution in [0, 0.1) is 0 Å². The lowest BCUT2D eigenvalue weighted by Gasteiger charge is -2.13. The van der Waals surface area contributed by atoms with E-state index in [4.69, 9.17) is 5.73 Å². The predicted molar refractivity (Wildman–Crippen MR) is 73.7 cm³/mol. The van der Waals surface area contributed by atoms with Gasteiger partial charge in [0.1, 0.15) is 5.78 Å². The number of benzene rings is 1. The number of rotatable bonds is 6. The van der Waals surface area contributed by atoms with Gasteiger partial charge in [-0.3, -0.25) is 14.9 Å². The highest BCUT2D eigenvalue weighted by Gasteiger charge is 2.17. The Morgan fingerprint density at radius 3 is 2.79 bits per heavy atom. The molecule has 5 nitrogen and oxygen atoms in total. The van der Waals surface area contributed by atoms with Gasteiger partial charge in [0, 0.05) is 17.1 Å². The molecule has 0 spiro atoms. The van der Waals surface area contributed by atoms with Crippen LogP contribution in [0.4, 0.5) is 0 Å². The van der Waals surface area contributed by atoms with Crippen LogP contribution in [0.2, 0.25) is 0 Å². The second-order valence-electron chi connectivity index (χ2n) is 4.60. The van der Waals surface area contributed by atoms with Gasteiger partial charge in [-0.15, -0.1) is 0 Å². The van der Waals surface area contributed by atoms with Gasteiger partial charge < -0.3 is 10.7 Å². The maximum Gasteiger partial charge on any atom is 0.234 e. The van der Waals surface area contributed by atoms with Crippen LogP contribution >= 0.6 is 0 Å². The Bertz CT molecular complexity index is 604. The van der Waals surface area contributed by atoms with Gasteiger partial charge in [-0.2, -0.15) is 0 Å². The van der Waals surface area contributed by atoms with Crippen molar-refractivity contribution < 1.29 is 9.59 Å². The highest BCUT2D eigenvalue weighted by Crippen LogP contribution is 2.18. The number of fused-ring (bicyclic) bond motifs is 1. The third kappa shape index (κ3) is 3.20. The maximum atomic E-state index is 11.4. The molecule has 19 heavy (non-hydrogen) atoms. The summed E-state index contributed by atoms with van der Waals surface area (Å²) < 4.78 is 0. The number of hydrogen-bond acceptors (Lipinski definition) is 3. The first-order valence-electron chi connectivity index (χ1n) is 6.15. The molecule has 5 heteroatoms. The van der Waals surface area contributed by atoms with Crippen molar-refractivity contribution in [2.24, 2.45) is 5.73 Å². The van der Waals surface area contributed by atoms with E-state index in [1.54, 1.807) is 0 Å². The zero-order valence-corrected chi connectivity index (χ0v) is 10.8. The molecule has 1 aromatic carbocycles. The summed E-state index contributed by atoms with van der Waals surface area (Å²) in [5, 5.41) is 3.95. The van der Waals surface area contributed by atoms with Crippen LogP contribution in [0.15, 0.2) is 30.5 Å². The number of Topliss-reactive ketones (excluding diaryl/α,β-unsaturated/α-hetero) is 1. The molecule has 0 aliphatic carbocycles. The van der Waals surface area contributed by atoms with Crippen LogP contribution < -0.4 is 11.1 Å². The van der Waals surface area contributed by atoms with Crippen molar-refractivity contribution >= 4 is 22.6 Å². The van der Waals surface area contributed by atoms with Crippen LogP contribution in [0.25, 0.3) is 10.9 Å². The van der Waals surface area contributed by atoms with Gasteiger partial charge >= 0.3 is 0 Å². The van der Waals surface area contributed by atoms with Crippen molar-refractivity contribution in [3.63, 3.8) is 0 Å². The Labute approximate surface area is 111 Å². The van der Waals surface area contributed by atoms with Gasteiger partial charge in [0.2, 0.25) is 5.91 Å². The monoisotopic (exact) mass is 259 g/mol. The van der Waals surface area contributed by atoms with E-state index < -0.39 is 11.9 Å². The standard InChI is InChI=1S/C14H17N3O2/c1-9(18)7-16-13(14(15)19)6-10-8-17-12-5-3-2-4-11(10)12/h2-5,8,13,16-17H,6-7H2,1H3,(H2,15,19)/t13-/m0/s1. The number of ketones is 1. The minimum atomic E-state index is -0.539. The minimum absolute atomic E-state index is 0.0230. The number of carbonyl (C=O) groups excluding carboxylic acids is 2. The average molecular weight is 259 g/mol. The van der Waals surface area contributed by atoms with Crippen LogP contribution in [0.5, 0.6) is 0 Å². The zero-order valence-electron chi connectivity index (χ0n) is 10.8. The Hall–Kier alpha value is -2.14. The molecule has 1 atom stereocenters. The third-order valence-electron chi connectivity index (χ3n) is 3.04. The fourth-order valence-electron chi connectivity index (χ4n) is 2.06. The van der Waals surface area contributed by atoms with Crippen LogP contribution in [0.1, 0.15) is 12.5 Å². The molecule has 2 rings (SSSR count). The fraction of sp³-hybridized carbons (Fsp3) is 0.286. The minimum Gasteiger partial charge on any atom is -0.368 e. The van der Waals surface area contributed by atoms with Crippen molar-refractivity contribution in [2.45, 2.75) is 19.4 Å². The average Bonchev–Trinajstić information content (AvgIpc) is 2.77. The van der Waals surface area contributed by atoms with E-state index in [2.05, 4.69) is 10.3 Å². The van der Waals surface area contributed by atoms with Crippen LogP contribution in [0.3, 0.4) is 0 Å². The van der Waals surface area contributed by atoms with E-state index in [1.807, 2.05) is 30.5 Å². The molecule has 0 aliphatic heterocycles. The summed E-state index contributed by atoms with van der Waals surface area (Å²) in [6.45, 7) is 1.62. The van der Waals surface area contributed by atoms with E-state index in [-0.39, 0.29) is 12.3 Å². The number of nitrogens with one attached hydrogen (secondary N) is 2. The summed E-state index contributed by atoms with van der Waals surface area (Å²) in [5.41, 5.74) is 7.39. The summed E-state index contributed by atoms with van der Waals surface area (Å²) >= 11 is 0. The van der Waals surface area contributed by atoms with Crippen LogP contribution in [-0.4, -0.2) is 29.3 Å². The molecule has 0 fully saturated rings. The van der Waals surface area contributed by atoms with Gasteiger partial charge in [-0.1, -0.05) is 18.2 Å². The highest BCUT2D eigenvalue weighted by molar-refractivity contribution is 5.86. The molecule has 0 bridgehead atoms. The van der Waals surface area contributed by atoms with Crippen molar-refractivity contribution in [3.8, 4) is 0 Å². The molecular weight excluding hydrogens is 242 g/mol. The molecule has 0 unspecified atom stereocenters. The number of nitrogens with two attached hydrogens (primary N) is 1. The highest BCUT2D eigenvalue weighted by atomic mass is 16.1. The van der Waals surface area contributed by atoms with Gasteiger partial charge in [-0.25, -0.2) is 0 Å². The molecule has 1 heterocycles. The number of hydrogen-bond donors (Lipinski definition) is 3. The molecule has 0 radical (unpaired) electrons. The van der Waals surface area contributed by atoms with Crippen molar-refractivity contribution in [2.75, 3.05) is 6.54 Å². The van der Waals surface area contributed by atoms with E-state index in [0.29, 0.717) is 6.42 Å². The molecular formula is C14H17N3O2. The van der Waals surface area contributed by atoms with E-state index >= 15 is 0 Å². The number of amides is 1. The third-order valence-corrected chi connectivity index (χ3v) is 3.04. The van der Waals surface area contributed by atoms with E-state index in [9.17, 15) is 9.59 Å². The van der Waals surface area contributed by atoms with E-state index in [1.165, 1.54) is 6.92 Å².